The highest BCUT2D eigenvalue weighted by Crippen LogP contribution is 2.20. The van der Waals surface area contributed by atoms with E-state index in [0.717, 1.165) is 40.3 Å². The predicted octanol–water partition coefficient (Wildman–Crippen LogP) is 4.11. The highest BCUT2D eigenvalue weighted by molar-refractivity contribution is 7.98. The van der Waals surface area contributed by atoms with Gasteiger partial charge in [0.15, 0.2) is 0 Å². The molecule has 0 radical (unpaired) electrons. The normalized spacial score (nSPS) is 12.1. The number of amides is 1. The largest absolute Gasteiger partial charge is 0.497 e. The van der Waals surface area contributed by atoms with E-state index in [1.165, 1.54) is 0 Å². The number of aryl methyl sites for hydroxylation is 1. The molecule has 0 aliphatic heterocycles. The number of rotatable bonds is 9. The molecule has 0 saturated carbocycles. The number of ether oxygens (including phenoxy) is 1. The third-order valence-electron chi connectivity index (χ3n) is 4.48. The van der Waals surface area contributed by atoms with Crippen molar-refractivity contribution in [1.82, 2.24) is 15.3 Å². The smallest absolute Gasteiger partial charge is 0.220 e. The van der Waals surface area contributed by atoms with E-state index in [1.54, 1.807) is 18.9 Å². The maximum absolute atomic E-state index is 12.5. The first-order valence-corrected chi connectivity index (χ1v) is 10.4. The highest BCUT2D eigenvalue weighted by Gasteiger charge is 2.18. The average Bonchev–Trinajstić information content (AvgIpc) is 3.14. The molecule has 2 N–H and O–H groups in total. The zero-order valence-corrected chi connectivity index (χ0v) is 16.5. The number of hydrogen-bond donors (Lipinski definition) is 2. The van der Waals surface area contributed by atoms with E-state index in [9.17, 15) is 4.79 Å². The van der Waals surface area contributed by atoms with Crippen LogP contribution in [0.2, 0.25) is 0 Å². The number of hydrogen-bond acceptors (Lipinski definition) is 4. The molecule has 3 aromatic rings. The predicted molar refractivity (Wildman–Crippen MR) is 111 cm³/mol. The molecule has 1 amide bonds. The molecule has 0 saturated heterocycles. The Balaban J connectivity index is 1.63. The second-order valence-corrected chi connectivity index (χ2v) is 7.37. The quantitative estimate of drug-likeness (QED) is 0.583. The van der Waals surface area contributed by atoms with Crippen LogP contribution < -0.4 is 10.1 Å². The summed E-state index contributed by atoms with van der Waals surface area (Å²) in [7, 11) is 1.65. The van der Waals surface area contributed by atoms with Gasteiger partial charge in [-0.3, -0.25) is 4.79 Å². The average molecular weight is 384 g/mol. The van der Waals surface area contributed by atoms with Crippen LogP contribution in [0.15, 0.2) is 48.5 Å². The number of aromatic nitrogens is 2. The van der Waals surface area contributed by atoms with Crippen molar-refractivity contribution in [2.24, 2.45) is 0 Å². The zero-order valence-electron chi connectivity index (χ0n) is 15.7. The van der Waals surface area contributed by atoms with Gasteiger partial charge in [0.2, 0.25) is 5.91 Å². The van der Waals surface area contributed by atoms with Crippen molar-refractivity contribution < 1.29 is 9.53 Å². The first-order chi connectivity index (χ1) is 13.2. The minimum absolute atomic E-state index is 0.0392. The van der Waals surface area contributed by atoms with Crippen molar-refractivity contribution in [3.8, 4) is 5.75 Å². The molecule has 1 aromatic heterocycles. The molecular formula is C21H25N3O2S. The van der Waals surface area contributed by atoms with E-state index in [-0.39, 0.29) is 11.9 Å². The SMILES string of the molecule is COc1ccc(CCC(=O)N[C@H](CCSC)c2nc3ccccc3[nH]2)cc1. The molecule has 0 bridgehead atoms. The lowest BCUT2D eigenvalue weighted by molar-refractivity contribution is -0.121. The molecule has 0 aliphatic rings. The van der Waals surface area contributed by atoms with Crippen molar-refractivity contribution in [2.75, 3.05) is 19.1 Å². The van der Waals surface area contributed by atoms with E-state index in [1.807, 2.05) is 48.5 Å². The van der Waals surface area contributed by atoms with Crippen LogP contribution in [0.25, 0.3) is 11.0 Å². The fourth-order valence-corrected chi connectivity index (χ4v) is 3.44. The number of benzene rings is 2. The summed E-state index contributed by atoms with van der Waals surface area (Å²) in [5.74, 6) is 2.64. The molecule has 0 unspecified atom stereocenters. The highest BCUT2D eigenvalue weighted by atomic mass is 32.2. The molecule has 3 rings (SSSR count). The number of carbonyl (C=O) groups is 1. The Morgan fingerprint density at radius 3 is 2.70 bits per heavy atom. The van der Waals surface area contributed by atoms with E-state index in [0.29, 0.717) is 12.8 Å². The summed E-state index contributed by atoms with van der Waals surface area (Å²) < 4.78 is 5.17. The Bertz CT molecular complexity index is 844. The Hall–Kier alpha value is -2.47. The molecule has 0 fully saturated rings. The van der Waals surface area contributed by atoms with Crippen LogP contribution in [0.4, 0.5) is 0 Å². The second-order valence-electron chi connectivity index (χ2n) is 6.39. The van der Waals surface area contributed by atoms with Gasteiger partial charge in [-0.1, -0.05) is 24.3 Å². The fourth-order valence-electron chi connectivity index (χ4n) is 2.97. The number of aromatic amines is 1. The van der Waals surface area contributed by atoms with Gasteiger partial charge in [0.25, 0.3) is 0 Å². The molecular weight excluding hydrogens is 358 g/mol. The van der Waals surface area contributed by atoms with Gasteiger partial charge >= 0.3 is 0 Å². The topological polar surface area (TPSA) is 67.0 Å². The van der Waals surface area contributed by atoms with E-state index >= 15 is 0 Å². The van der Waals surface area contributed by atoms with Crippen molar-refractivity contribution in [1.29, 1.82) is 0 Å². The number of H-pyrrole nitrogens is 1. The van der Waals surface area contributed by atoms with Crippen molar-refractivity contribution in [3.63, 3.8) is 0 Å². The molecule has 2 aromatic carbocycles. The van der Waals surface area contributed by atoms with Crippen LogP contribution in [0, 0.1) is 0 Å². The van der Waals surface area contributed by atoms with Gasteiger partial charge in [0, 0.05) is 6.42 Å². The van der Waals surface area contributed by atoms with Gasteiger partial charge < -0.3 is 15.0 Å². The van der Waals surface area contributed by atoms with Gasteiger partial charge in [-0.05, 0) is 54.7 Å². The second kappa shape index (κ2) is 9.46. The van der Waals surface area contributed by atoms with E-state index < -0.39 is 0 Å². The van der Waals surface area contributed by atoms with Crippen molar-refractivity contribution in [3.05, 3.63) is 59.9 Å². The number of thioether (sulfide) groups is 1. The van der Waals surface area contributed by atoms with Crippen LogP contribution in [0.1, 0.15) is 30.3 Å². The summed E-state index contributed by atoms with van der Waals surface area (Å²) in [6, 6.07) is 15.7. The van der Waals surface area contributed by atoms with Crippen molar-refractivity contribution >= 4 is 28.7 Å². The lowest BCUT2D eigenvalue weighted by atomic mass is 10.1. The first-order valence-electron chi connectivity index (χ1n) is 9.05. The van der Waals surface area contributed by atoms with Crippen LogP contribution in [0.5, 0.6) is 5.75 Å². The van der Waals surface area contributed by atoms with Crippen LogP contribution in [-0.2, 0) is 11.2 Å². The molecule has 27 heavy (non-hydrogen) atoms. The molecule has 5 nitrogen and oxygen atoms in total. The third kappa shape index (κ3) is 5.26. The number of nitrogens with one attached hydrogen (secondary N) is 2. The fraction of sp³-hybridized carbons (Fsp3) is 0.333. The molecule has 142 valence electrons. The Morgan fingerprint density at radius 1 is 1.22 bits per heavy atom. The van der Waals surface area contributed by atoms with Crippen LogP contribution in [0.3, 0.4) is 0 Å². The van der Waals surface area contributed by atoms with Crippen LogP contribution >= 0.6 is 11.8 Å². The number of carbonyl (C=O) groups excluding carboxylic acids is 1. The Labute approximate surface area is 163 Å². The summed E-state index contributed by atoms with van der Waals surface area (Å²) in [6.45, 7) is 0. The lowest BCUT2D eigenvalue weighted by Crippen LogP contribution is -2.30. The number of methoxy groups -OCH3 is 1. The van der Waals surface area contributed by atoms with Gasteiger partial charge in [-0.25, -0.2) is 4.98 Å². The minimum Gasteiger partial charge on any atom is -0.497 e. The maximum Gasteiger partial charge on any atom is 0.220 e. The molecule has 1 heterocycles. The number of nitrogens with zero attached hydrogens (tertiary/aromatic N) is 1. The Kier molecular flexibility index (Phi) is 6.76. The monoisotopic (exact) mass is 383 g/mol. The number of imidazole rings is 1. The molecule has 6 heteroatoms. The number of fused-ring (bicyclic) bond motifs is 1. The third-order valence-corrected chi connectivity index (χ3v) is 5.13. The first kappa shape index (κ1) is 19.3. The molecule has 0 spiro atoms. The van der Waals surface area contributed by atoms with Crippen molar-refractivity contribution in [2.45, 2.75) is 25.3 Å². The zero-order chi connectivity index (χ0) is 19.1. The van der Waals surface area contributed by atoms with E-state index in [4.69, 9.17) is 4.74 Å². The van der Waals surface area contributed by atoms with E-state index in [2.05, 4.69) is 21.5 Å². The number of para-hydroxylation sites is 2. The summed E-state index contributed by atoms with van der Waals surface area (Å²) in [6.07, 6.45) is 4.06. The maximum atomic E-state index is 12.5. The summed E-state index contributed by atoms with van der Waals surface area (Å²) in [4.78, 5) is 20.5. The Morgan fingerprint density at radius 2 is 2.00 bits per heavy atom. The summed E-state index contributed by atoms with van der Waals surface area (Å²) in [5, 5.41) is 3.15. The minimum atomic E-state index is -0.104. The molecule has 1 atom stereocenters. The van der Waals surface area contributed by atoms with Gasteiger partial charge in [-0.15, -0.1) is 0 Å². The standard InChI is InChI=1S/C21H25N3O2S/c1-26-16-10-7-15(8-11-16)9-12-20(25)22-19(13-14-27-2)21-23-17-5-3-4-6-18(17)24-21/h3-8,10-11,19H,9,12-14H2,1-2H3,(H,22,25)(H,23,24)/t19-/m1/s1. The van der Waals surface area contributed by atoms with Gasteiger partial charge in [0.05, 0.1) is 24.2 Å². The van der Waals surface area contributed by atoms with Crippen LogP contribution in [-0.4, -0.2) is 35.0 Å². The molecule has 0 aliphatic carbocycles. The van der Waals surface area contributed by atoms with Gasteiger partial charge in [-0.2, -0.15) is 11.8 Å². The van der Waals surface area contributed by atoms with Gasteiger partial charge in [0.1, 0.15) is 11.6 Å². The summed E-state index contributed by atoms with van der Waals surface area (Å²) in [5.41, 5.74) is 3.04. The summed E-state index contributed by atoms with van der Waals surface area (Å²) >= 11 is 1.77. The lowest BCUT2D eigenvalue weighted by Gasteiger charge is -2.16.